The van der Waals surface area contributed by atoms with Crippen molar-refractivity contribution in [1.29, 1.82) is 0 Å². The van der Waals surface area contributed by atoms with Crippen LogP contribution in [0.25, 0.3) is 0 Å². The van der Waals surface area contributed by atoms with Gasteiger partial charge < -0.3 is 19.5 Å². The Morgan fingerprint density at radius 3 is 2.33 bits per heavy atom. The predicted molar refractivity (Wildman–Crippen MR) is 130 cm³/mol. The molecule has 7 nitrogen and oxygen atoms in total. The second kappa shape index (κ2) is 11.6. The summed E-state index contributed by atoms with van der Waals surface area (Å²) in [5, 5.41) is 7.89. The van der Waals surface area contributed by atoms with Crippen LogP contribution in [-0.4, -0.2) is 28.9 Å². The van der Waals surface area contributed by atoms with Gasteiger partial charge in [-0.1, -0.05) is 17.7 Å². The van der Waals surface area contributed by atoms with Gasteiger partial charge in [-0.05, 0) is 69.7 Å². The summed E-state index contributed by atoms with van der Waals surface area (Å²) in [6.45, 7) is 9.63. The van der Waals surface area contributed by atoms with Crippen LogP contribution < -0.4 is 19.5 Å². The maximum atomic E-state index is 12.3. The summed E-state index contributed by atoms with van der Waals surface area (Å²) in [5.74, 6) is 2.05. The molecule has 0 saturated carbocycles. The Hall–Kier alpha value is -3.19. The molecule has 0 fully saturated rings. The van der Waals surface area contributed by atoms with E-state index in [1.807, 2.05) is 70.2 Å². The Morgan fingerprint density at radius 2 is 1.70 bits per heavy atom. The van der Waals surface area contributed by atoms with Crippen molar-refractivity contribution in [3.8, 4) is 17.2 Å². The van der Waals surface area contributed by atoms with Gasteiger partial charge in [0.1, 0.15) is 12.4 Å². The molecule has 33 heavy (non-hydrogen) atoms. The molecule has 176 valence electrons. The summed E-state index contributed by atoms with van der Waals surface area (Å²) >= 11 is 6.16. The largest absolute Gasteiger partial charge is 0.490 e. The number of anilines is 1. The van der Waals surface area contributed by atoms with Crippen LogP contribution in [0.2, 0.25) is 5.02 Å². The summed E-state index contributed by atoms with van der Waals surface area (Å²) in [6.07, 6.45) is 0.302. The standard InChI is InChI=1S/C25H30ClN3O4/c1-5-31-22-12-7-19(15-23(22)32-6-2)16-33-21-10-8-20(9-11-21)27-24(30)13-14-29-18(4)25(26)17(3)28-29/h7-12,15H,5-6,13-14,16H2,1-4H3,(H,27,30). The van der Waals surface area contributed by atoms with Crippen LogP contribution in [0.1, 0.15) is 37.2 Å². The molecule has 8 heteroatoms. The lowest BCUT2D eigenvalue weighted by Gasteiger charge is -2.13. The monoisotopic (exact) mass is 471 g/mol. The highest BCUT2D eigenvalue weighted by molar-refractivity contribution is 6.31. The number of nitrogens with zero attached hydrogens (tertiary/aromatic N) is 2. The van der Waals surface area contributed by atoms with Crippen LogP contribution in [0.3, 0.4) is 0 Å². The lowest BCUT2D eigenvalue weighted by Crippen LogP contribution is -2.15. The van der Waals surface area contributed by atoms with E-state index < -0.39 is 0 Å². The van der Waals surface area contributed by atoms with Crippen molar-refractivity contribution in [2.75, 3.05) is 18.5 Å². The molecular weight excluding hydrogens is 442 g/mol. The summed E-state index contributed by atoms with van der Waals surface area (Å²) < 4.78 is 18.9. The van der Waals surface area contributed by atoms with Crippen LogP contribution in [0.4, 0.5) is 5.69 Å². The minimum Gasteiger partial charge on any atom is -0.490 e. The van der Waals surface area contributed by atoms with E-state index in [0.29, 0.717) is 55.0 Å². The second-order valence-electron chi connectivity index (χ2n) is 7.47. The van der Waals surface area contributed by atoms with E-state index in [-0.39, 0.29) is 5.91 Å². The van der Waals surface area contributed by atoms with Crippen molar-refractivity contribution < 1.29 is 19.0 Å². The first kappa shape index (κ1) is 24.5. The minimum absolute atomic E-state index is 0.0924. The predicted octanol–water partition coefficient (Wildman–Crippen LogP) is 5.56. The van der Waals surface area contributed by atoms with Gasteiger partial charge in [-0.2, -0.15) is 5.10 Å². The van der Waals surface area contributed by atoms with E-state index in [0.717, 1.165) is 22.7 Å². The molecule has 1 N–H and O–H groups in total. The molecule has 3 rings (SSSR count). The molecule has 0 radical (unpaired) electrons. The fourth-order valence-corrected chi connectivity index (χ4v) is 3.45. The zero-order chi connectivity index (χ0) is 23.8. The Morgan fingerprint density at radius 1 is 1.00 bits per heavy atom. The smallest absolute Gasteiger partial charge is 0.226 e. The fourth-order valence-electron chi connectivity index (χ4n) is 3.31. The molecule has 0 aliphatic carbocycles. The lowest BCUT2D eigenvalue weighted by molar-refractivity contribution is -0.116. The summed E-state index contributed by atoms with van der Waals surface area (Å²) in [5.41, 5.74) is 3.32. The molecule has 2 aromatic carbocycles. The number of benzene rings is 2. The van der Waals surface area contributed by atoms with Crippen molar-refractivity contribution in [2.45, 2.75) is 47.3 Å². The molecule has 0 aliphatic rings. The number of carbonyl (C=O) groups is 1. The van der Waals surface area contributed by atoms with Crippen LogP contribution >= 0.6 is 11.6 Å². The minimum atomic E-state index is -0.0924. The molecule has 0 saturated heterocycles. The highest BCUT2D eigenvalue weighted by Crippen LogP contribution is 2.29. The average Bonchev–Trinajstić information content (AvgIpc) is 3.05. The number of aromatic nitrogens is 2. The Balaban J connectivity index is 1.51. The number of nitrogens with one attached hydrogen (secondary N) is 1. The van der Waals surface area contributed by atoms with Gasteiger partial charge in [0.05, 0.1) is 36.2 Å². The van der Waals surface area contributed by atoms with Gasteiger partial charge in [0.2, 0.25) is 5.91 Å². The quantitative estimate of drug-likeness (QED) is 0.396. The van der Waals surface area contributed by atoms with Crippen LogP contribution in [-0.2, 0) is 17.9 Å². The molecule has 3 aromatic rings. The molecule has 0 bridgehead atoms. The third-order valence-electron chi connectivity index (χ3n) is 5.00. The summed E-state index contributed by atoms with van der Waals surface area (Å²) in [4.78, 5) is 12.3. The van der Waals surface area contributed by atoms with Gasteiger partial charge >= 0.3 is 0 Å². The van der Waals surface area contributed by atoms with E-state index in [9.17, 15) is 4.79 Å². The average molecular weight is 472 g/mol. The first-order chi connectivity index (χ1) is 15.9. The number of amides is 1. The van der Waals surface area contributed by atoms with E-state index in [2.05, 4.69) is 10.4 Å². The van der Waals surface area contributed by atoms with Gasteiger partial charge in [0, 0.05) is 12.1 Å². The maximum absolute atomic E-state index is 12.3. The Labute approximate surface area is 199 Å². The molecule has 0 aliphatic heterocycles. The number of carbonyl (C=O) groups excluding carboxylic acids is 1. The third kappa shape index (κ3) is 6.65. The maximum Gasteiger partial charge on any atom is 0.226 e. The molecule has 1 aromatic heterocycles. The lowest BCUT2D eigenvalue weighted by atomic mass is 10.2. The number of aryl methyl sites for hydroxylation is 2. The Bertz CT molecular complexity index is 1080. The first-order valence-corrected chi connectivity index (χ1v) is 11.4. The van der Waals surface area contributed by atoms with E-state index in [4.69, 9.17) is 25.8 Å². The zero-order valence-electron chi connectivity index (χ0n) is 19.5. The van der Waals surface area contributed by atoms with E-state index in [1.165, 1.54) is 0 Å². The van der Waals surface area contributed by atoms with Crippen molar-refractivity contribution in [1.82, 2.24) is 9.78 Å². The van der Waals surface area contributed by atoms with Crippen molar-refractivity contribution in [2.24, 2.45) is 0 Å². The fraction of sp³-hybridized carbons (Fsp3) is 0.360. The molecule has 0 spiro atoms. The van der Waals surface area contributed by atoms with Crippen molar-refractivity contribution in [3.05, 3.63) is 64.4 Å². The molecule has 0 unspecified atom stereocenters. The normalized spacial score (nSPS) is 10.7. The molecule has 0 atom stereocenters. The van der Waals surface area contributed by atoms with Crippen LogP contribution in [0.15, 0.2) is 42.5 Å². The summed E-state index contributed by atoms with van der Waals surface area (Å²) in [6, 6.07) is 13.1. The molecule has 1 heterocycles. The van der Waals surface area contributed by atoms with Gasteiger partial charge in [-0.25, -0.2) is 0 Å². The number of ether oxygens (including phenoxy) is 3. The summed E-state index contributed by atoms with van der Waals surface area (Å²) in [7, 11) is 0. The number of hydrogen-bond acceptors (Lipinski definition) is 5. The van der Waals surface area contributed by atoms with Crippen molar-refractivity contribution in [3.63, 3.8) is 0 Å². The first-order valence-electron chi connectivity index (χ1n) is 11.0. The van der Waals surface area contributed by atoms with Crippen LogP contribution in [0.5, 0.6) is 17.2 Å². The van der Waals surface area contributed by atoms with Crippen LogP contribution in [0, 0.1) is 13.8 Å². The highest BCUT2D eigenvalue weighted by atomic mass is 35.5. The number of hydrogen-bond donors (Lipinski definition) is 1. The topological polar surface area (TPSA) is 74.6 Å². The third-order valence-corrected chi connectivity index (χ3v) is 5.54. The highest BCUT2D eigenvalue weighted by Gasteiger charge is 2.11. The zero-order valence-corrected chi connectivity index (χ0v) is 20.2. The van der Waals surface area contributed by atoms with E-state index in [1.54, 1.807) is 4.68 Å². The Kier molecular flexibility index (Phi) is 8.60. The van der Waals surface area contributed by atoms with Crippen molar-refractivity contribution >= 4 is 23.2 Å². The van der Waals surface area contributed by atoms with Gasteiger partial charge in [0.25, 0.3) is 0 Å². The molecular formula is C25H30ClN3O4. The van der Waals surface area contributed by atoms with Gasteiger partial charge in [-0.3, -0.25) is 9.48 Å². The number of rotatable bonds is 11. The SMILES string of the molecule is CCOc1ccc(COc2ccc(NC(=O)CCn3nc(C)c(Cl)c3C)cc2)cc1OCC. The second-order valence-corrected chi connectivity index (χ2v) is 7.84. The van der Waals surface area contributed by atoms with E-state index >= 15 is 0 Å². The van der Waals surface area contributed by atoms with Gasteiger partial charge in [0.15, 0.2) is 11.5 Å². The number of halogens is 1. The van der Waals surface area contributed by atoms with Gasteiger partial charge in [-0.15, -0.1) is 0 Å². The molecule has 1 amide bonds.